The minimum atomic E-state index is -0.496. The van der Waals surface area contributed by atoms with Crippen LogP contribution in [0.1, 0.15) is 54.3 Å². The first-order chi connectivity index (χ1) is 15.2. The van der Waals surface area contributed by atoms with E-state index in [4.69, 9.17) is 9.72 Å². The van der Waals surface area contributed by atoms with Gasteiger partial charge in [0.2, 0.25) is 0 Å². The normalized spacial score (nSPS) is 14.4. The van der Waals surface area contributed by atoms with E-state index in [1.807, 2.05) is 12.1 Å². The number of aromatic nitrogens is 3. The lowest BCUT2D eigenvalue weighted by Crippen LogP contribution is -2.31. The molecular formula is C23H27N5O3. The van der Waals surface area contributed by atoms with Gasteiger partial charge in [0.15, 0.2) is 5.65 Å². The van der Waals surface area contributed by atoms with Gasteiger partial charge >= 0.3 is 12.0 Å². The molecule has 162 valence electrons. The topological polar surface area (TPSA) is 98.1 Å². The van der Waals surface area contributed by atoms with Crippen molar-refractivity contribution < 1.29 is 14.3 Å². The summed E-state index contributed by atoms with van der Waals surface area (Å²) in [6.07, 6.45) is 8.38. The number of methoxy groups -OCH3 is 1. The fourth-order valence-electron chi connectivity index (χ4n) is 4.21. The number of hydrogen-bond acceptors (Lipinski definition) is 5. The summed E-state index contributed by atoms with van der Waals surface area (Å²) in [7, 11) is 1.31. The number of nitrogens with one attached hydrogen (secondary N) is 2. The number of imidazole rings is 1. The molecule has 1 aliphatic carbocycles. The molecule has 0 spiro atoms. The first kappa shape index (κ1) is 20.8. The lowest BCUT2D eigenvalue weighted by molar-refractivity contribution is 0.0602. The van der Waals surface area contributed by atoms with E-state index in [-0.39, 0.29) is 6.03 Å². The Hall–Kier alpha value is -3.42. The van der Waals surface area contributed by atoms with Crippen molar-refractivity contribution in [2.75, 3.05) is 19.0 Å². The van der Waals surface area contributed by atoms with Crippen molar-refractivity contribution in [3.05, 3.63) is 54.0 Å². The Morgan fingerprint density at radius 2 is 1.94 bits per heavy atom. The highest BCUT2D eigenvalue weighted by Crippen LogP contribution is 2.31. The lowest BCUT2D eigenvalue weighted by Gasteiger charge is -2.25. The second-order valence-corrected chi connectivity index (χ2v) is 7.70. The molecule has 0 saturated heterocycles. The molecule has 31 heavy (non-hydrogen) atoms. The second-order valence-electron chi connectivity index (χ2n) is 7.70. The van der Waals surface area contributed by atoms with Gasteiger partial charge in [0.25, 0.3) is 0 Å². The van der Waals surface area contributed by atoms with Gasteiger partial charge in [-0.05, 0) is 37.1 Å². The predicted molar refractivity (Wildman–Crippen MR) is 118 cm³/mol. The Bertz CT molecular complexity index is 1070. The summed E-state index contributed by atoms with van der Waals surface area (Å²) < 4.78 is 7.03. The SMILES string of the molecule is COC(=O)c1ccccc1NC(=O)NCCc1nc2cccnc2n1C1CCCCC1. The third-order valence-corrected chi connectivity index (χ3v) is 5.68. The zero-order chi connectivity index (χ0) is 21.6. The molecule has 3 aromatic rings. The van der Waals surface area contributed by atoms with Crippen molar-refractivity contribution in [3.8, 4) is 0 Å². The number of pyridine rings is 1. The van der Waals surface area contributed by atoms with Crippen LogP contribution in [0.4, 0.5) is 10.5 Å². The van der Waals surface area contributed by atoms with Crippen LogP contribution in [-0.2, 0) is 11.2 Å². The number of anilines is 1. The van der Waals surface area contributed by atoms with Crippen LogP contribution in [-0.4, -0.2) is 40.2 Å². The highest BCUT2D eigenvalue weighted by Gasteiger charge is 2.22. The van der Waals surface area contributed by atoms with Gasteiger partial charge in [0, 0.05) is 25.2 Å². The number of urea groups is 1. The van der Waals surface area contributed by atoms with Gasteiger partial charge in [-0.25, -0.2) is 19.6 Å². The maximum Gasteiger partial charge on any atom is 0.339 e. The second kappa shape index (κ2) is 9.59. The van der Waals surface area contributed by atoms with Crippen LogP contribution in [0.15, 0.2) is 42.6 Å². The van der Waals surface area contributed by atoms with Crippen LogP contribution in [0.3, 0.4) is 0 Å². The number of ether oxygens (including phenoxy) is 1. The number of fused-ring (bicyclic) bond motifs is 1. The van der Waals surface area contributed by atoms with Crippen LogP contribution in [0.2, 0.25) is 0 Å². The van der Waals surface area contributed by atoms with E-state index >= 15 is 0 Å². The Kier molecular flexibility index (Phi) is 6.45. The van der Waals surface area contributed by atoms with Crippen LogP contribution in [0.25, 0.3) is 11.2 Å². The summed E-state index contributed by atoms with van der Waals surface area (Å²) in [5, 5.41) is 5.59. The van der Waals surface area contributed by atoms with Gasteiger partial charge < -0.3 is 19.9 Å². The molecule has 1 aromatic carbocycles. The fourth-order valence-corrected chi connectivity index (χ4v) is 4.21. The molecule has 2 N–H and O–H groups in total. The van der Waals surface area contributed by atoms with Gasteiger partial charge in [-0.3, -0.25) is 0 Å². The smallest absolute Gasteiger partial charge is 0.339 e. The zero-order valence-electron chi connectivity index (χ0n) is 17.6. The molecule has 2 aromatic heterocycles. The number of amides is 2. The summed E-state index contributed by atoms with van der Waals surface area (Å²) in [5.41, 5.74) is 2.52. The van der Waals surface area contributed by atoms with Gasteiger partial charge in [0.1, 0.15) is 11.3 Å². The Balaban J connectivity index is 1.43. The summed E-state index contributed by atoms with van der Waals surface area (Å²) in [4.78, 5) is 33.6. The molecule has 4 rings (SSSR count). The highest BCUT2D eigenvalue weighted by molar-refractivity contribution is 6.00. The maximum atomic E-state index is 12.4. The standard InChI is InChI=1S/C23H27N5O3/c1-31-22(29)17-10-5-6-11-18(17)27-23(30)25-15-13-20-26-19-12-7-14-24-21(19)28(20)16-8-3-2-4-9-16/h5-7,10-12,14,16H,2-4,8-9,13,15H2,1H3,(H2,25,27,30). The first-order valence-electron chi connectivity index (χ1n) is 10.7. The van der Waals surface area contributed by atoms with Crippen molar-refractivity contribution in [1.82, 2.24) is 19.9 Å². The number of esters is 1. The van der Waals surface area contributed by atoms with E-state index in [2.05, 4.69) is 20.2 Å². The molecular weight excluding hydrogens is 394 g/mol. The number of hydrogen-bond donors (Lipinski definition) is 2. The quantitative estimate of drug-likeness (QED) is 0.584. The van der Waals surface area contributed by atoms with Crippen molar-refractivity contribution in [3.63, 3.8) is 0 Å². The lowest BCUT2D eigenvalue weighted by atomic mass is 9.95. The first-order valence-corrected chi connectivity index (χ1v) is 10.7. The molecule has 8 heteroatoms. The number of benzene rings is 1. The van der Waals surface area contributed by atoms with E-state index in [1.54, 1.807) is 30.5 Å². The average molecular weight is 422 g/mol. The zero-order valence-corrected chi connectivity index (χ0v) is 17.6. The van der Waals surface area contributed by atoms with Gasteiger partial charge in [-0.2, -0.15) is 0 Å². The maximum absolute atomic E-state index is 12.4. The molecule has 0 unspecified atom stereocenters. The van der Waals surface area contributed by atoms with Crippen LogP contribution < -0.4 is 10.6 Å². The number of nitrogens with zero attached hydrogens (tertiary/aromatic N) is 3. The third-order valence-electron chi connectivity index (χ3n) is 5.68. The van der Waals surface area contributed by atoms with E-state index in [1.165, 1.54) is 26.4 Å². The third kappa shape index (κ3) is 4.68. The Morgan fingerprint density at radius 1 is 1.13 bits per heavy atom. The molecule has 1 fully saturated rings. The molecule has 0 bridgehead atoms. The fraction of sp³-hybridized carbons (Fsp3) is 0.391. The van der Waals surface area contributed by atoms with E-state index < -0.39 is 5.97 Å². The number of carbonyl (C=O) groups excluding carboxylic acids is 2. The predicted octanol–water partition coefficient (Wildman–Crippen LogP) is 4.09. The van der Waals surface area contributed by atoms with Crippen LogP contribution in [0, 0.1) is 0 Å². The van der Waals surface area contributed by atoms with Crippen molar-refractivity contribution >= 4 is 28.9 Å². The molecule has 0 radical (unpaired) electrons. The van der Waals surface area contributed by atoms with E-state index in [0.29, 0.717) is 30.3 Å². The van der Waals surface area contributed by atoms with Gasteiger partial charge in [0.05, 0.1) is 18.4 Å². The van der Waals surface area contributed by atoms with Crippen LogP contribution >= 0.6 is 0 Å². The molecule has 1 aliphatic rings. The highest BCUT2D eigenvalue weighted by atomic mass is 16.5. The molecule has 2 heterocycles. The summed E-state index contributed by atoms with van der Waals surface area (Å²) in [6.45, 7) is 0.419. The van der Waals surface area contributed by atoms with Gasteiger partial charge in [-0.1, -0.05) is 31.4 Å². The summed E-state index contributed by atoms with van der Waals surface area (Å²) in [5.74, 6) is 0.445. The summed E-state index contributed by atoms with van der Waals surface area (Å²) in [6, 6.07) is 10.7. The minimum Gasteiger partial charge on any atom is -0.465 e. The number of para-hydroxylation sites is 1. The van der Waals surface area contributed by atoms with Gasteiger partial charge in [-0.15, -0.1) is 0 Å². The monoisotopic (exact) mass is 421 g/mol. The molecule has 0 aliphatic heterocycles. The minimum absolute atomic E-state index is 0.310. The molecule has 2 amide bonds. The number of carbonyl (C=O) groups is 2. The molecule has 8 nitrogen and oxygen atoms in total. The molecule has 0 atom stereocenters. The molecule has 1 saturated carbocycles. The van der Waals surface area contributed by atoms with Crippen molar-refractivity contribution in [2.24, 2.45) is 0 Å². The van der Waals surface area contributed by atoms with Crippen LogP contribution in [0.5, 0.6) is 0 Å². The summed E-state index contributed by atoms with van der Waals surface area (Å²) >= 11 is 0. The number of rotatable bonds is 6. The van der Waals surface area contributed by atoms with Crippen molar-refractivity contribution in [2.45, 2.75) is 44.6 Å². The largest absolute Gasteiger partial charge is 0.465 e. The Morgan fingerprint density at radius 3 is 2.74 bits per heavy atom. The van der Waals surface area contributed by atoms with E-state index in [9.17, 15) is 9.59 Å². The Labute approximate surface area is 181 Å². The average Bonchev–Trinajstić information content (AvgIpc) is 3.17. The van der Waals surface area contributed by atoms with Crippen molar-refractivity contribution in [1.29, 1.82) is 0 Å². The van der Waals surface area contributed by atoms with E-state index in [0.717, 1.165) is 29.8 Å².